The molecule has 1 aromatic carbocycles. The number of aromatic nitrogens is 6. The standard InChI is InChI=1S/C27H30F3N9O/c1-26(2,3)39-13-19(11-34-39)24(40)32-10-18-6-5-17(9-22(18)27(28,29)30)23-7-8-31-25(36-23)35-20-12-33-38(14-20)21-15-37(4)16-21/h5-9,11-14,21H,10,15-16H2,1-4H3,(H,32,40)(H,31,35,36). The molecule has 1 fully saturated rings. The summed E-state index contributed by atoms with van der Waals surface area (Å²) in [6.07, 6.45) is 3.33. The van der Waals surface area contributed by atoms with E-state index >= 15 is 0 Å². The van der Waals surface area contributed by atoms with Gasteiger partial charge < -0.3 is 15.5 Å². The molecule has 10 nitrogen and oxygen atoms in total. The van der Waals surface area contributed by atoms with Gasteiger partial charge in [0.1, 0.15) is 0 Å². The van der Waals surface area contributed by atoms with Crippen LogP contribution < -0.4 is 10.6 Å². The van der Waals surface area contributed by atoms with Crippen LogP contribution >= 0.6 is 0 Å². The number of nitrogens with zero attached hydrogens (tertiary/aromatic N) is 7. The van der Waals surface area contributed by atoms with Gasteiger partial charge in [0.05, 0.1) is 46.5 Å². The van der Waals surface area contributed by atoms with E-state index < -0.39 is 17.6 Å². The van der Waals surface area contributed by atoms with Crippen LogP contribution in [0, 0.1) is 0 Å². The Morgan fingerprint density at radius 1 is 1.07 bits per heavy atom. The highest BCUT2D eigenvalue weighted by atomic mass is 19.4. The Bertz CT molecular complexity index is 1510. The molecule has 5 rings (SSSR count). The molecule has 1 aliphatic heterocycles. The normalized spacial score (nSPS) is 14.7. The van der Waals surface area contributed by atoms with E-state index in [1.54, 1.807) is 29.2 Å². The van der Waals surface area contributed by atoms with Crippen molar-refractivity contribution in [1.29, 1.82) is 0 Å². The Hall–Kier alpha value is -4.26. The number of carbonyl (C=O) groups is 1. The average molecular weight is 554 g/mol. The molecule has 13 heteroatoms. The van der Waals surface area contributed by atoms with Crippen LogP contribution in [0.15, 0.2) is 55.2 Å². The summed E-state index contributed by atoms with van der Waals surface area (Å²) >= 11 is 0. The minimum Gasteiger partial charge on any atom is -0.348 e. The highest BCUT2D eigenvalue weighted by molar-refractivity contribution is 5.93. The first kappa shape index (κ1) is 27.3. The lowest BCUT2D eigenvalue weighted by Gasteiger charge is -2.36. The third-order valence-electron chi connectivity index (χ3n) is 6.61. The number of alkyl halides is 3. The lowest BCUT2D eigenvalue weighted by molar-refractivity contribution is -0.138. The third kappa shape index (κ3) is 5.98. The summed E-state index contributed by atoms with van der Waals surface area (Å²) in [5.74, 6) is -0.268. The molecule has 0 saturated carbocycles. The summed E-state index contributed by atoms with van der Waals surface area (Å²) in [6, 6.07) is 5.79. The molecule has 1 amide bonds. The molecule has 0 spiro atoms. The van der Waals surface area contributed by atoms with Gasteiger partial charge in [-0.05, 0) is 45.5 Å². The molecule has 1 saturated heterocycles. The maximum atomic E-state index is 14.0. The van der Waals surface area contributed by atoms with Gasteiger partial charge in [0.15, 0.2) is 0 Å². The number of likely N-dealkylation sites (tertiary alicyclic amines) is 1. The van der Waals surface area contributed by atoms with Crippen molar-refractivity contribution in [3.05, 3.63) is 71.9 Å². The number of carbonyl (C=O) groups excluding carboxylic acids is 1. The molecule has 0 radical (unpaired) electrons. The van der Waals surface area contributed by atoms with Crippen molar-refractivity contribution in [2.75, 3.05) is 25.5 Å². The molecule has 0 atom stereocenters. The first-order chi connectivity index (χ1) is 18.9. The molecule has 0 bridgehead atoms. The van der Waals surface area contributed by atoms with Crippen LogP contribution in [0.2, 0.25) is 0 Å². The van der Waals surface area contributed by atoms with Gasteiger partial charge in [-0.1, -0.05) is 12.1 Å². The predicted molar refractivity (Wildman–Crippen MR) is 143 cm³/mol. The fraction of sp³-hybridized carbons (Fsp3) is 0.370. The zero-order valence-electron chi connectivity index (χ0n) is 22.6. The number of hydrogen-bond acceptors (Lipinski definition) is 7. The first-order valence-electron chi connectivity index (χ1n) is 12.7. The Labute approximate surface area is 229 Å². The van der Waals surface area contributed by atoms with E-state index in [9.17, 15) is 18.0 Å². The lowest BCUT2D eigenvalue weighted by Crippen LogP contribution is -2.45. The van der Waals surface area contributed by atoms with E-state index in [2.05, 4.69) is 35.7 Å². The molecular formula is C27H30F3N9O. The Balaban J connectivity index is 1.31. The fourth-order valence-corrected chi connectivity index (χ4v) is 4.38. The fourth-order valence-electron chi connectivity index (χ4n) is 4.38. The van der Waals surface area contributed by atoms with Crippen LogP contribution in [0.25, 0.3) is 11.3 Å². The summed E-state index contributed by atoms with van der Waals surface area (Å²) in [5.41, 5.74) is 0.302. The van der Waals surface area contributed by atoms with E-state index in [4.69, 9.17) is 0 Å². The van der Waals surface area contributed by atoms with Crippen molar-refractivity contribution in [3.8, 4) is 11.3 Å². The summed E-state index contributed by atoms with van der Waals surface area (Å²) in [7, 11) is 2.04. The number of amides is 1. The molecule has 0 unspecified atom stereocenters. The van der Waals surface area contributed by atoms with Gasteiger partial charge >= 0.3 is 6.18 Å². The van der Waals surface area contributed by atoms with E-state index in [1.165, 1.54) is 18.5 Å². The molecular weight excluding hydrogens is 523 g/mol. The minimum absolute atomic E-state index is 0.0609. The van der Waals surface area contributed by atoms with Crippen LogP contribution in [0.4, 0.5) is 24.8 Å². The second kappa shape index (κ2) is 10.4. The number of rotatable bonds is 7. The van der Waals surface area contributed by atoms with E-state index in [1.807, 2.05) is 38.7 Å². The molecule has 3 aromatic heterocycles. The predicted octanol–water partition coefficient (Wildman–Crippen LogP) is 4.47. The molecule has 4 aromatic rings. The van der Waals surface area contributed by atoms with Crippen LogP contribution in [0.5, 0.6) is 0 Å². The van der Waals surface area contributed by atoms with Crippen LogP contribution in [0.3, 0.4) is 0 Å². The Kier molecular flexibility index (Phi) is 7.08. The van der Waals surface area contributed by atoms with Crippen LogP contribution in [-0.2, 0) is 18.3 Å². The summed E-state index contributed by atoms with van der Waals surface area (Å²) < 4.78 is 45.6. The molecule has 0 aliphatic carbocycles. The van der Waals surface area contributed by atoms with Gasteiger partial charge in [-0.25, -0.2) is 9.97 Å². The third-order valence-corrected chi connectivity index (χ3v) is 6.61. The van der Waals surface area contributed by atoms with Crippen molar-refractivity contribution in [3.63, 3.8) is 0 Å². The quantitative estimate of drug-likeness (QED) is 0.348. The maximum Gasteiger partial charge on any atom is 0.416 e. The van der Waals surface area contributed by atoms with E-state index in [-0.39, 0.29) is 34.7 Å². The smallest absolute Gasteiger partial charge is 0.348 e. The van der Waals surface area contributed by atoms with Crippen molar-refractivity contribution in [1.82, 2.24) is 39.7 Å². The summed E-state index contributed by atoms with van der Waals surface area (Å²) in [4.78, 5) is 23.4. The maximum absolute atomic E-state index is 14.0. The Morgan fingerprint density at radius 3 is 2.52 bits per heavy atom. The Morgan fingerprint density at radius 2 is 1.85 bits per heavy atom. The second-order valence-electron chi connectivity index (χ2n) is 10.9. The average Bonchev–Trinajstić information content (AvgIpc) is 3.55. The van der Waals surface area contributed by atoms with Crippen LogP contribution in [-0.4, -0.2) is 60.5 Å². The lowest BCUT2D eigenvalue weighted by atomic mass is 10.0. The monoisotopic (exact) mass is 553 g/mol. The first-order valence-corrected chi connectivity index (χ1v) is 12.7. The second-order valence-corrected chi connectivity index (χ2v) is 10.9. The number of benzene rings is 1. The minimum atomic E-state index is -4.63. The van der Waals surface area contributed by atoms with Crippen molar-refractivity contribution in [2.45, 2.75) is 45.1 Å². The zero-order chi connectivity index (χ0) is 28.7. The number of likely N-dealkylation sites (N-methyl/N-ethyl adjacent to an activating group) is 1. The SMILES string of the molecule is CN1CC(n2cc(Nc3nccc(-c4ccc(CNC(=O)c5cnn(C(C)(C)C)c5)c(C(F)(F)F)c4)n3)cn2)C1. The number of anilines is 2. The van der Waals surface area contributed by atoms with Crippen molar-refractivity contribution < 1.29 is 18.0 Å². The number of nitrogens with one attached hydrogen (secondary N) is 2. The van der Waals surface area contributed by atoms with Gasteiger partial charge in [-0.2, -0.15) is 23.4 Å². The highest BCUT2D eigenvalue weighted by Crippen LogP contribution is 2.35. The number of halogens is 3. The van der Waals surface area contributed by atoms with Gasteiger partial charge in [0.25, 0.3) is 5.91 Å². The van der Waals surface area contributed by atoms with Crippen molar-refractivity contribution in [2.24, 2.45) is 0 Å². The molecule has 210 valence electrons. The van der Waals surface area contributed by atoms with Crippen LogP contribution in [0.1, 0.15) is 48.3 Å². The summed E-state index contributed by atoms with van der Waals surface area (Å²) in [5, 5.41) is 14.2. The molecule has 2 N–H and O–H groups in total. The molecule has 1 aliphatic rings. The van der Waals surface area contributed by atoms with E-state index in [0.717, 1.165) is 19.2 Å². The van der Waals surface area contributed by atoms with Gasteiger partial charge in [-0.15, -0.1) is 0 Å². The summed E-state index contributed by atoms with van der Waals surface area (Å²) in [6.45, 7) is 7.31. The van der Waals surface area contributed by atoms with Gasteiger partial charge in [-0.3, -0.25) is 14.2 Å². The zero-order valence-corrected chi connectivity index (χ0v) is 22.6. The highest BCUT2D eigenvalue weighted by Gasteiger charge is 2.34. The number of hydrogen-bond donors (Lipinski definition) is 2. The van der Waals surface area contributed by atoms with Gasteiger partial charge in [0.2, 0.25) is 5.95 Å². The molecule has 4 heterocycles. The van der Waals surface area contributed by atoms with E-state index in [0.29, 0.717) is 17.4 Å². The topological polar surface area (TPSA) is 106 Å². The van der Waals surface area contributed by atoms with Gasteiger partial charge in [0, 0.05) is 43.8 Å². The van der Waals surface area contributed by atoms with Crippen molar-refractivity contribution >= 4 is 17.5 Å². The molecule has 40 heavy (non-hydrogen) atoms. The largest absolute Gasteiger partial charge is 0.416 e.